The second kappa shape index (κ2) is 6.91. The SMILES string of the molecule is COC(=O)CN1CCN(C(=O)c2ccc(Br)c(N)c2)CC1. The van der Waals surface area contributed by atoms with Crippen LogP contribution in [0, 0.1) is 0 Å². The van der Waals surface area contributed by atoms with Crippen LogP contribution in [0.25, 0.3) is 0 Å². The van der Waals surface area contributed by atoms with Crippen LogP contribution in [-0.2, 0) is 9.53 Å². The smallest absolute Gasteiger partial charge is 0.319 e. The predicted octanol–water partition coefficient (Wildman–Crippen LogP) is 0.962. The summed E-state index contributed by atoms with van der Waals surface area (Å²) >= 11 is 3.31. The van der Waals surface area contributed by atoms with Gasteiger partial charge >= 0.3 is 5.97 Å². The highest BCUT2D eigenvalue weighted by molar-refractivity contribution is 9.10. The number of nitrogens with zero attached hydrogens (tertiary/aromatic N) is 2. The molecule has 2 rings (SSSR count). The van der Waals surface area contributed by atoms with Crippen LogP contribution in [0.15, 0.2) is 22.7 Å². The summed E-state index contributed by atoms with van der Waals surface area (Å²) in [5, 5.41) is 0. The van der Waals surface area contributed by atoms with E-state index in [-0.39, 0.29) is 18.4 Å². The lowest BCUT2D eigenvalue weighted by Crippen LogP contribution is -2.50. The van der Waals surface area contributed by atoms with Crippen molar-refractivity contribution in [3.63, 3.8) is 0 Å². The molecule has 0 aromatic heterocycles. The lowest BCUT2D eigenvalue weighted by Gasteiger charge is -2.34. The highest BCUT2D eigenvalue weighted by Gasteiger charge is 2.23. The Kier molecular flexibility index (Phi) is 5.19. The minimum absolute atomic E-state index is 0.0353. The molecule has 1 heterocycles. The molecule has 0 unspecified atom stereocenters. The van der Waals surface area contributed by atoms with Gasteiger partial charge in [-0.25, -0.2) is 0 Å². The van der Waals surface area contributed by atoms with E-state index >= 15 is 0 Å². The summed E-state index contributed by atoms with van der Waals surface area (Å²) in [6, 6.07) is 5.20. The Labute approximate surface area is 132 Å². The van der Waals surface area contributed by atoms with Crippen molar-refractivity contribution in [3.8, 4) is 0 Å². The fraction of sp³-hybridized carbons (Fsp3) is 0.429. The Morgan fingerprint density at radius 3 is 2.52 bits per heavy atom. The molecule has 6 nitrogen and oxygen atoms in total. The molecule has 0 spiro atoms. The zero-order valence-corrected chi connectivity index (χ0v) is 13.4. The van der Waals surface area contributed by atoms with Gasteiger partial charge in [0.05, 0.1) is 13.7 Å². The maximum Gasteiger partial charge on any atom is 0.319 e. The van der Waals surface area contributed by atoms with Crippen LogP contribution in [0.4, 0.5) is 5.69 Å². The zero-order valence-electron chi connectivity index (χ0n) is 11.8. The highest BCUT2D eigenvalue weighted by atomic mass is 79.9. The third kappa shape index (κ3) is 3.95. The summed E-state index contributed by atoms with van der Waals surface area (Å²) < 4.78 is 5.42. The Hall–Kier alpha value is -1.60. The van der Waals surface area contributed by atoms with E-state index in [1.807, 2.05) is 4.90 Å². The van der Waals surface area contributed by atoms with E-state index in [1.165, 1.54) is 7.11 Å². The number of anilines is 1. The third-order valence-corrected chi connectivity index (χ3v) is 4.21. The van der Waals surface area contributed by atoms with Crippen molar-refractivity contribution in [2.75, 3.05) is 45.6 Å². The number of esters is 1. The van der Waals surface area contributed by atoms with Crippen molar-refractivity contribution in [1.82, 2.24) is 9.80 Å². The van der Waals surface area contributed by atoms with Gasteiger partial charge in [-0.05, 0) is 34.1 Å². The summed E-state index contributed by atoms with van der Waals surface area (Å²) in [7, 11) is 1.38. The summed E-state index contributed by atoms with van der Waals surface area (Å²) in [4.78, 5) is 27.4. The number of hydrogen-bond acceptors (Lipinski definition) is 5. The van der Waals surface area contributed by atoms with Gasteiger partial charge in [-0.2, -0.15) is 0 Å². The minimum Gasteiger partial charge on any atom is -0.468 e. The number of hydrogen-bond donors (Lipinski definition) is 1. The second-order valence-electron chi connectivity index (χ2n) is 4.88. The molecule has 0 aliphatic carbocycles. The van der Waals surface area contributed by atoms with E-state index in [9.17, 15) is 9.59 Å². The molecule has 0 atom stereocenters. The molecule has 1 saturated heterocycles. The van der Waals surface area contributed by atoms with Gasteiger partial charge < -0.3 is 15.4 Å². The average molecular weight is 356 g/mol. The largest absolute Gasteiger partial charge is 0.468 e. The normalized spacial score (nSPS) is 15.8. The van der Waals surface area contributed by atoms with E-state index in [4.69, 9.17) is 5.73 Å². The Morgan fingerprint density at radius 2 is 1.95 bits per heavy atom. The second-order valence-corrected chi connectivity index (χ2v) is 5.74. The number of nitrogen functional groups attached to an aromatic ring is 1. The summed E-state index contributed by atoms with van der Waals surface area (Å²) in [6.45, 7) is 2.76. The first-order valence-corrected chi connectivity index (χ1v) is 7.44. The molecule has 21 heavy (non-hydrogen) atoms. The van der Waals surface area contributed by atoms with E-state index in [2.05, 4.69) is 20.7 Å². The van der Waals surface area contributed by atoms with Gasteiger partial charge in [0.2, 0.25) is 0 Å². The van der Waals surface area contributed by atoms with Crippen molar-refractivity contribution >= 4 is 33.5 Å². The number of nitrogens with two attached hydrogens (primary N) is 1. The van der Waals surface area contributed by atoms with Gasteiger partial charge in [0.25, 0.3) is 5.91 Å². The van der Waals surface area contributed by atoms with Crippen LogP contribution < -0.4 is 5.73 Å². The number of rotatable bonds is 3. The van der Waals surface area contributed by atoms with E-state index < -0.39 is 0 Å². The molecule has 0 saturated carbocycles. The highest BCUT2D eigenvalue weighted by Crippen LogP contribution is 2.21. The van der Waals surface area contributed by atoms with Gasteiger partial charge in [-0.1, -0.05) is 0 Å². The maximum atomic E-state index is 12.4. The first-order valence-electron chi connectivity index (χ1n) is 6.64. The lowest BCUT2D eigenvalue weighted by molar-refractivity contribution is -0.142. The van der Waals surface area contributed by atoms with E-state index in [0.717, 1.165) is 4.47 Å². The number of halogens is 1. The molecular weight excluding hydrogens is 338 g/mol. The lowest BCUT2D eigenvalue weighted by atomic mass is 10.1. The molecule has 0 radical (unpaired) electrons. The van der Waals surface area contributed by atoms with Crippen molar-refractivity contribution < 1.29 is 14.3 Å². The zero-order chi connectivity index (χ0) is 15.4. The summed E-state index contributed by atoms with van der Waals surface area (Å²) in [5.41, 5.74) is 6.93. The molecule has 1 aromatic carbocycles. The quantitative estimate of drug-likeness (QED) is 0.645. The molecule has 114 valence electrons. The van der Waals surface area contributed by atoms with Crippen LogP contribution >= 0.6 is 15.9 Å². The average Bonchev–Trinajstić information content (AvgIpc) is 2.50. The van der Waals surface area contributed by atoms with Crippen molar-refractivity contribution in [2.45, 2.75) is 0 Å². The van der Waals surface area contributed by atoms with Crippen molar-refractivity contribution in [3.05, 3.63) is 28.2 Å². The molecule has 0 bridgehead atoms. The van der Waals surface area contributed by atoms with Crippen LogP contribution in [0.3, 0.4) is 0 Å². The Bertz CT molecular complexity index is 542. The number of ether oxygens (including phenoxy) is 1. The molecule has 1 amide bonds. The molecule has 1 fully saturated rings. The minimum atomic E-state index is -0.254. The van der Waals surface area contributed by atoms with Crippen molar-refractivity contribution in [2.24, 2.45) is 0 Å². The predicted molar refractivity (Wildman–Crippen MR) is 82.9 cm³/mol. The van der Waals surface area contributed by atoms with E-state index in [1.54, 1.807) is 23.1 Å². The molecule has 7 heteroatoms. The van der Waals surface area contributed by atoms with Gasteiger partial charge in [0.15, 0.2) is 0 Å². The fourth-order valence-electron chi connectivity index (χ4n) is 2.22. The molecule has 2 N–H and O–H groups in total. The number of methoxy groups -OCH3 is 1. The number of benzene rings is 1. The van der Waals surface area contributed by atoms with Crippen LogP contribution in [0.1, 0.15) is 10.4 Å². The molecular formula is C14H18BrN3O3. The summed E-state index contributed by atoms with van der Waals surface area (Å²) in [6.07, 6.45) is 0. The standard InChI is InChI=1S/C14H18BrN3O3/c1-21-13(19)9-17-4-6-18(7-5-17)14(20)10-2-3-11(15)12(16)8-10/h2-3,8H,4-7,9,16H2,1H3. The van der Waals surface area contributed by atoms with Crippen LogP contribution in [-0.4, -0.2) is 61.5 Å². The Balaban J connectivity index is 1.93. The third-order valence-electron chi connectivity index (χ3n) is 3.48. The number of carbonyl (C=O) groups is 2. The van der Waals surface area contributed by atoms with Crippen LogP contribution in [0.2, 0.25) is 0 Å². The topological polar surface area (TPSA) is 75.9 Å². The summed E-state index contributed by atoms with van der Waals surface area (Å²) in [5.74, 6) is -0.289. The van der Waals surface area contributed by atoms with Crippen molar-refractivity contribution in [1.29, 1.82) is 0 Å². The first-order chi connectivity index (χ1) is 10.0. The van der Waals surface area contributed by atoms with Gasteiger partial charge in [-0.15, -0.1) is 0 Å². The number of carbonyl (C=O) groups excluding carboxylic acids is 2. The van der Waals surface area contributed by atoms with Gasteiger partial charge in [-0.3, -0.25) is 14.5 Å². The number of amides is 1. The van der Waals surface area contributed by atoms with Crippen LogP contribution in [0.5, 0.6) is 0 Å². The fourth-order valence-corrected chi connectivity index (χ4v) is 2.46. The van der Waals surface area contributed by atoms with Gasteiger partial charge in [0, 0.05) is 41.9 Å². The number of piperazine rings is 1. The molecule has 1 aliphatic rings. The van der Waals surface area contributed by atoms with E-state index in [0.29, 0.717) is 37.4 Å². The molecule has 1 aliphatic heterocycles. The maximum absolute atomic E-state index is 12.4. The Morgan fingerprint density at radius 1 is 1.29 bits per heavy atom. The molecule has 1 aromatic rings. The monoisotopic (exact) mass is 355 g/mol. The van der Waals surface area contributed by atoms with Gasteiger partial charge in [0.1, 0.15) is 0 Å². The first kappa shape index (κ1) is 15.8.